The summed E-state index contributed by atoms with van der Waals surface area (Å²) in [4.78, 5) is 11.8. The largest absolute Gasteiger partial charge is 0.482 e. The second-order valence-electron chi connectivity index (χ2n) is 4.62. The van der Waals surface area contributed by atoms with Crippen LogP contribution in [0.25, 0.3) is 0 Å². The summed E-state index contributed by atoms with van der Waals surface area (Å²) in [7, 11) is 0. The van der Waals surface area contributed by atoms with Gasteiger partial charge in [-0.05, 0) is 19.3 Å². The first-order chi connectivity index (χ1) is 10.3. The molecule has 116 valence electrons. The van der Waals surface area contributed by atoms with Crippen LogP contribution in [0.1, 0.15) is 25.0 Å². The van der Waals surface area contributed by atoms with E-state index in [9.17, 15) is 4.79 Å². The van der Waals surface area contributed by atoms with Crippen molar-refractivity contribution in [3.8, 4) is 5.75 Å². The third kappa shape index (κ3) is 5.65. The topological polar surface area (TPSA) is 57.9 Å². The third-order valence-electron chi connectivity index (χ3n) is 2.99. The van der Waals surface area contributed by atoms with Gasteiger partial charge in [0.25, 0.3) is 0 Å². The molecular weight excluding hydrogens is 340 g/mol. The Morgan fingerprint density at radius 3 is 3.00 bits per heavy atom. The predicted octanol–water partition coefficient (Wildman–Crippen LogP) is 3.01. The summed E-state index contributed by atoms with van der Waals surface area (Å²) in [6.45, 7) is 1.29. The Morgan fingerprint density at radius 2 is 2.29 bits per heavy atom. The summed E-state index contributed by atoms with van der Waals surface area (Å²) in [6.07, 6.45) is 7.90. The van der Waals surface area contributed by atoms with Gasteiger partial charge in [0.05, 0.1) is 0 Å². The molecule has 1 aromatic rings. The predicted molar refractivity (Wildman–Crippen MR) is 81.8 cm³/mol. The van der Waals surface area contributed by atoms with Crippen molar-refractivity contribution in [1.29, 1.82) is 0 Å². The van der Waals surface area contributed by atoms with Crippen LogP contribution in [0.3, 0.4) is 0 Å². The van der Waals surface area contributed by atoms with Crippen molar-refractivity contribution in [2.45, 2.75) is 32.2 Å². The van der Waals surface area contributed by atoms with Crippen LogP contribution in [0.2, 0.25) is 0 Å². The third-order valence-corrected chi connectivity index (χ3v) is 3.37. The van der Waals surface area contributed by atoms with Gasteiger partial charge in [0.15, 0.2) is 6.29 Å². The van der Waals surface area contributed by atoms with Crippen molar-refractivity contribution in [1.82, 2.24) is 0 Å². The molecule has 5 nitrogen and oxygen atoms in total. The Kier molecular flexibility index (Phi) is 6.99. The molecule has 1 saturated heterocycles. The smallest absolute Gasteiger partial charge is 0.227 e. The Hall–Kier alpha value is -1.11. The van der Waals surface area contributed by atoms with E-state index >= 15 is 0 Å². The maximum atomic E-state index is 11.8. The van der Waals surface area contributed by atoms with Crippen molar-refractivity contribution in [2.24, 2.45) is 0 Å². The zero-order chi connectivity index (χ0) is 14.9. The maximum absolute atomic E-state index is 11.8. The van der Waals surface area contributed by atoms with Crippen molar-refractivity contribution < 1.29 is 18.6 Å². The highest BCUT2D eigenvalue weighted by Crippen LogP contribution is 2.15. The molecule has 1 unspecified atom stereocenters. The second-order valence-corrected chi connectivity index (χ2v) is 5.27. The van der Waals surface area contributed by atoms with Crippen LogP contribution in [0, 0.1) is 0 Å². The van der Waals surface area contributed by atoms with Crippen LogP contribution in [0.5, 0.6) is 5.75 Å². The summed E-state index contributed by atoms with van der Waals surface area (Å²) in [5.41, 5.74) is -0.211. The molecule has 0 spiro atoms. The Bertz CT molecular complexity index is 505. The highest BCUT2D eigenvalue weighted by molar-refractivity contribution is 9.09. The van der Waals surface area contributed by atoms with Gasteiger partial charge in [0, 0.05) is 18.0 Å². The summed E-state index contributed by atoms with van der Waals surface area (Å²) < 4.78 is 21.7. The molecule has 2 rings (SSSR count). The average molecular weight is 359 g/mol. The van der Waals surface area contributed by atoms with Crippen LogP contribution in [-0.2, 0) is 16.1 Å². The Morgan fingerprint density at radius 1 is 1.38 bits per heavy atom. The molecule has 21 heavy (non-hydrogen) atoms. The van der Waals surface area contributed by atoms with E-state index < -0.39 is 0 Å². The standard InChI is InChI=1S/C15H19BrO5/c16-6-2-4-7-18-14-11-20-12(9-13(14)17)10-21-15-5-1-3-8-19-15/h2,4,9,11,15H,1,3,5-8,10H2/b4-2+. The van der Waals surface area contributed by atoms with Gasteiger partial charge in [-0.3, -0.25) is 4.79 Å². The van der Waals surface area contributed by atoms with Crippen LogP contribution < -0.4 is 10.2 Å². The molecule has 1 aromatic heterocycles. The lowest BCUT2D eigenvalue weighted by Gasteiger charge is -2.22. The first-order valence-electron chi connectivity index (χ1n) is 6.98. The van der Waals surface area contributed by atoms with E-state index in [1.165, 1.54) is 12.3 Å². The highest BCUT2D eigenvalue weighted by Gasteiger charge is 2.15. The number of hydrogen-bond acceptors (Lipinski definition) is 5. The van der Waals surface area contributed by atoms with Gasteiger partial charge in [0.2, 0.25) is 11.2 Å². The maximum Gasteiger partial charge on any atom is 0.227 e. The molecule has 0 aromatic carbocycles. The van der Waals surface area contributed by atoms with Gasteiger partial charge >= 0.3 is 0 Å². The van der Waals surface area contributed by atoms with E-state index in [-0.39, 0.29) is 24.1 Å². The number of alkyl halides is 1. The Balaban J connectivity index is 1.83. The second kappa shape index (κ2) is 9.02. The van der Waals surface area contributed by atoms with E-state index in [1.807, 2.05) is 12.2 Å². The monoisotopic (exact) mass is 358 g/mol. The molecule has 0 saturated carbocycles. The number of rotatable bonds is 7. The summed E-state index contributed by atoms with van der Waals surface area (Å²) >= 11 is 3.26. The van der Waals surface area contributed by atoms with E-state index in [1.54, 1.807) is 0 Å². The minimum atomic E-state index is -0.211. The fraction of sp³-hybridized carbons (Fsp3) is 0.533. The number of allylic oxidation sites excluding steroid dienone is 1. The number of halogens is 1. The lowest BCUT2D eigenvalue weighted by atomic mass is 10.2. The van der Waals surface area contributed by atoms with E-state index in [2.05, 4.69) is 15.9 Å². The van der Waals surface area contributed by atoms with Crippen molar-refractivity contribution >= 4 is 15.9 Å². The van der Waals surface area contributed by atoms with E-state index in [0.29, 0.717) is 12.4 Å². The Labute approximate surface area is 132 Å². The van der Waals surface area contributed by atoms with Gasteiger partial charge in [0.1, 0.15) is 25.2 Å². The van der Waals surface area contributed by atoms with E-state index in [0.717, 1.165) is 31.2 Å². The molecular formula is C15H19BrO5. The summed E-state index contributed by atoms with van der Waals surface area (Å²) in [5, 5.41) is 0.754. The van der Waals surface area contributed by atoms with Gasteiger partial charge < -0.3 is 18.6 Å². The molecule has 1 aliphatic heterocycles. The summed E-state index contributed by atoms with van der Waals surface area (Å²) in [6, 6.07) is 1.40. The van der Waals surface area contributed by atoms with Crippen molar-refractivity contribution in [3.63, 3.8) is 0 Å². The molecule has 1 aliphatic rings. The molecule has 0 amide bonds. The zero-order valence-corrected chi connectivity index (χ0v) is 13.3. The van der Waals surface area contributed by atoms with Crippen LogP contribution in [-0.4, -0.2) is 24.8 Å². The first kappa shape index (κ1) is 16.3. The fourth-order valence-electron chi connectivity index (χ4n) is 1.91. The summed E-state index contributed by atoms with van der Waals surface area (Å²) in [5.74, 6) is 0.671. The average Bonchev–Trinajstić information content (AvgIpc) is 2.52. The molecule has 0 aliphatic carbocycles. The molecule has 0 N–H and O–H groups in total. The molecule has 1 fully saturated rings. The van der Waals surface area contributed by atoms with Crippen LogP contribution >= 0.6 is 15.9 Å². The van der Waals surface area contributed by atoms with Crippen molar-refractivity contribution in [2.75, 3.05) is 18.5 Å². The van der Waals surface area contributed by atoms with Gasteiger partial charge in [-0.15, -0.1) is 0 Å². The minimum Gasteiger partial charge on any atom is -0.482 e. The lowest BCUT2D eigenvalue weighted by molar-refractivity contribution is -0.171. The molecule has 0 radical (unpaired) electrons. The van der Waals surface area contributed by atoms with Crippen LogP contribution in [0.4, 0.5) is 0 Å². The highest BCUT2D eigenvalue weighted by atomic mass is 79.9. The normalized spacial score (nSPS) is 19.0. The first-order valence-corrected chi connectivity index (χ1v) is 8.10. The van der Waals surface area contributed by atoms with Crippen LogP contribution in [0.15, 0.2) is 33.7 Å². The molecule has 1 atom stereocenters. The molecule has 2 heterocycles. The fourth-order valence-corrected chi connectivity index (χ4v) is 2.17. The quantitative estimate of drug-likeness (QED) is 0.553. The zero-order valence-electron chi connectivity index (χ0n) is 11.8. The number of hydrogen-bond donors (Lipinski definition) is 0. The van der Waals surface area contributed by atoms with Gasteiger partial charge in [-0.1, -0.05) is 28.1 Å². The SMILES string of the molecule is O=c1cc(COC2CCCCO2)occ1OC/C=C/CBr. The van der Waals surface area contributed by atoms with E-state index in [4.69, 9.17) is 18.6 Å². The molecule has 6 heteroatoms. The van der Waals surface area contributed by atoms with Crippen molar-refractivity contribution in [3.05, 3.63) is 40.5 Å². The number of ether oxygens (including phenoxy) is 3. The minimum absolute atomic E-state index is 0.200. The lowest BCUT2D eigenvalue weighted by Crippen LogP contribution is -2.22. The van der Waals surface area contributed by atoms with Gasteiger partial charge in [-0.25, -0.2) is 0 Å². The van der Waals surface area contributed by atoms with Gasteiger partial charge in [-0.2, -0.15) is 0 Å². The molecule has 0 bridgehead atoms.